The van der Waals surface area contributed by atoms with Gasteiger partial charge in [0.1, 0.15) is 0 Å². The van der Waals surface area contributed by atoms with Gasteiger partial charge in [0.25, 0.3) is 0 Å². The summed E-state index contributed by atoms with van der Waals surface area (Å²) in [4.78, 5) is 9.81. The largest absolute Gasteiger partial charge is 0.516 e. The van der Waals surface area contributed by atoms with Crippen LogP contribution in [0.4, 0.5) is 0 Å². The molecule has 0 aliphatic carbocycles. The number of hydrogen-bond donors (Lipinski definition) is 3. The lowest BCUT2D eigenvalue weighted by Gasteiger charge is -1.96. The Labute approximate surface area is 52.1 Å². The van der Waals surface area contributed by atoms with Crippen LogP contribution in [0.5, 0.6) is 0 Å². The molecule has 0 aromatic rings. The lowest BCUT2D eigenvalue weighted by atomic mass is 10.2. The second-order valence-electron chi connectivity index (χ2n) is 1.51. The molecule has 4 nitrogen and oxygen atoms in total. The van der Waals surface area contributed by atoms with Crippen molar-refractivity contribution in [2.75, 3.05) is 0 Å². The SMILES string of the molecule is O=C(O)CC(O)/C=C/O. The summed E-state index contributed by atoms with van der Waals surface area (Å²) < 4.78 is 0. The van der Waals surface area contributed by atoms with E-state index in [-0.39, 0.29) is 6.42 Å². The predicted octanol–water partition coefficient (Wildman–Crippen LogP) is -0.106. The number of hydrogen-bond acceptors (Lipinski definition) is 3. The minimum atomic E-state index is -1.10. The first-order valence-electron chi connectivity index (χ1n) is 2.37. The molecule has 0 amide bonds. The number of aliphatic hydroxyl groups excluding tert-OH is 2. The number of rotatable bonds is 3. The summed E-state index contributed by atoms with van der Waals surface area (Å²) in [6, 6.07) is 0. The molecule has 0 aromatic heterocycles. The maximum absolute atomic E-state index is 9.81. The van der Waals surface area contributed by atoms with Crippen molar-refractivity contribution in [3.63, 3.8) is 0 Å². The summed E-state index contributed by atoms with van der Waals surface area (Å²) in [7, 11) is 0. The van der Waals surface area contributed by atoms with Crippen LogP contribution in [-0.4, -0.2) is 27.4 Å². The van der Waals surface area contributed by atoms with Crippen LogP contribution in [0.2, 0.25) is 0 Å². The van der Waals surface area contributed by atoms with Gasteiger partial charge in [-0.15, -0.1) is 0 Å². The van der Waals surface area contributed by atoms with Gasteiger partial charge in [-0.25, -0.2) is 0 Å². The molecule has 0 aliphatic rings. The normalized spacial score (nSPS) is 13.9. The van der Waals surface area contributed by atoms with Crippen molar-refractivity contribution in [3.05, 3.63) is 12.3 Å². The molecule has 0 radical (unpaired) electrons. The molecule has 52 valence electrons. The molecule has 0 bridgehead atoms. The first kappa shape index (κ1) is 7.97. The molecule has 0 spiro atoms. The Balaban J connectivity index is 3.50. The average molecular weight is 132 g/mol. The Kier molecular flexibility index (Phi) is 3.46. The predicted molar refractivity (Wildman–Crippen MR) is 30.0 cm³/mol. The van der Waals surface area contributed by atoms with Crippen LogP contribution in [-0.2, 0) is 4.79 Å². The van der Waals surface area contributed by atoms with Gasteiger partial charge in [0.2, 0.25) is 0 Å². The molecule has 0 fully saturated rings. The highest BCUT2D eigenvalue weighted by Crippen LogP contribution is 1.91. The topological polar surface area (TPSA) is 77.8 Å². The number of carboxylic acid groups (broad SMARTS) is 1. The zero-order chi connectivity index (χ0) is 7.28. The number of carbonyl (C=O) groups is 1. The second kappa shape index (κ2) is 3.91. The summed E-state index contributed by atoms with van der Waals surface area (Å²) in [5.74, 6) is -1.10. The molecule has 1 unspecified atom stereocenters. The van der Waals surface area contributed by atoms with E-state index in [4.69, 9.17) is 15.3 Å². The number of aliphatic carboxylic acids is 1. The van der Waals surface area contributed by atoms with E-state index in [0.717, 1.165) is 6.08 Å². The quantitative estimate of drug-likeness (QED) is 0.468. The van der Waals surface area contributed by atoms with Gasteiger partial charge in [0, 0.05) is 0 Å². The molecule has 0 aromatic carbocycles. The van der Waals surface area contributed by atoms with Gasteiger partial charge in [0.15, 0.2) is 0 Å². The minimum Gasteiger partial charge on any atom is -0.516 e. The highest BCUT2D eigenvalue weighted by Gasteiger charge is 2.03. The molecular weight excluding hydrogens is 124 g/mol. The lowest BCUT2D eigenvalue weighted by Crippen LogP contribution is -2.09. The van der Waals surface area contributed by atoms with E-state index < -0.39 is 12.1 Å². The van der Waals surface area contributed by atoms with Gasteiger partial charge in [0.05, 0.1) is 18.8 Å². The Bertz CT molecular complexity index is 118. The standard InChI is InChI=1S/C5H8O4/c6-2-1-4(7)3-5(8)9/h1-2,4,6-7H,3H2,(H,8,9)/b2-1+. The third-order valence-electron chi connectivity index (χ3n) is 0.692. The highest BCUT2D eigenvalue weighted by molar-refractivity contribution is 5.67. The van der Waals surface area contributed by atoms with E-state index in [2.05, 4.69) is 0 Å². The highest BCUT2D eigenvalue weighted by atomic mass is 16.4. The van der Waals surface area contributed by atoms with Crippen LogP contribution in [0.3, 0.4) is 0 Å². The zero-order valence-electron chi connectivity index (χ0n) is 4.69. The fraction of sp³-hybridized carbons (Fsp3) is 0.400. The van der Waals surface area contributed by atoms with Crippen molar-refractivity contribution < 1.29 is 20.1 Å². The summed E-state index contributed by atoms with van der Waals surface area (Å²) >= 11 is 0. The van der Waals surface area contributed by atoms with Crippen LogP contribution in [0, 0.1) is 0 Å². The Morgan fingerprint density at radius 3 is 2.56 bits per heavy atom. The molecule has 0 aliphatic heterocycles. The van der Waals surface area contributed by atoms with Crippen molar-refractivity contribution in [3.8, 4) is 0 Å². The molecule has 0 saturated heterocycles. The van der Waals surface area contributed by atoms with Crippen LogP contribution in [0.1, 0.15) is 6.42 Å². The Morgan fingerprint density at radius 1 is 1.67 bits per heavy atom. The van der Waals surface area contributed by atoms with Crippen molar-refractivity contribution in [2.24, 2.45) is 0 Å². The second-order valence-corrected chi connectivity index (χ2v) is 1.51. The van der Waals surface area contributed by atoms with Crippen LogP contribution >= 0.6 is 0 Å². The van der Waals surface area contributed by atoms with Crippen molar-refractivity contribution in [1.29, 1.82) is 0 Å². The Hall–Kier alpha value is -1.03. The summed E-state index contributed by atoms with van der Waals surface area (Å²) in [6.45, 7) is 0. The molecule has 9 heavy (non-hydrogen) atoms. The maximum atomic E-state index is 9.81. The van der Waals surface area contributed by atoms with E-state index in [0.29, 0.717) is 6.26 Å². The first-order valence-corrected chi connectivity index (χ1v) is 2.37. The van der Waals surface area contributed by atoms with E-state index in [1.54, 1.807) is 0 Å². The fourth-order valence-corrected chi connectivity index (χ4v) is 0.346. The van der Waals surface area contributed by atoms with Gasteiger partial charge in [-0.1, -0.05) is 0 Å². The molecule has 0 saturated carbocycles. The third-order valence-corrected chi connectivity index (χ3v) is 0.692. The van der Waals surface area contributed by atoms with E-state index in [9.17, 15) is 4.79 Å². The summed E-state index contributed by atoms with van der Waals surface area (Å²) in [6.07, 6.45) is 0.145. The van der Waals surface area contributed by atoms with Crippen LogP contribution in [0.15, 0.2) is 12.3 Å². The zero-order valence-corrected chi connectivity index (χ0v) is 4.69. The van der Waals surface area contributed by atoms with E-state index in [1.165, 1.54) is 0 Å². The van der Waals surface area contributed by atoms with Gasteiger partial charge in [-0.2, -0.15) is 0 Å². The molecule has 1 atom stereocenters. The molecule has 0 rings (SSSR count). The smallest absolute Gasteiger partial charge is 0.306 e. The molecule has 3 N–H and O–H groups in total. The van der Waals surface area contributed by atoms with Crippen LogP contribution in [0.25, 0.3) is 0 Å². The van der Waals surface area contributed by atoms with Gasteiger partial charge < -0.3 is 15.3 Å². The van der Waals surface area contributed by atoms with E-state index in [1.807, 2.05) is 0 Å². The van der Waals surface area contributed by atoms with Crippen molar-refractivity contribution in [2.45, 2.75) is 12.5 Å². The molecule has 0 heterocycles. The van der Waals surface area contributed by atoms with Crippen LogP contribution < -0.4 is 0 Å². The Morgan fingerprint density at radius 2 is 2.22 bits per heavy atom. The average Bonchev–Trinajstić information content (AvgIpc) is 1.63. The first-order chi connectivity index (χ1) is 4.16. The van der Waals surface area contributed by atoms with E-state index >= 15 is 0 Å². The summed E-state index contributed by atoms with van der Waals surface area (Å²) in [5.41, 5.74) is 0. The lowest BCUT2D eigenvalue weighted by molar-refractivity contribution is -0.138. The monoisotopic (exact) mass is 132 g/mol. The fourth-order valence-electron chi connectivity index (χ4n) is 0.346. The number of carboxylic acids is 1. The van der Waals surface area contributed by atoms with Gasteiger partial charge >= 0.3 is 5.97 Å². The molecule has 4 heteroatoms. The van der Waals surface area contributed by atoms with Crippen molar-refractivity contribution >= 4 is 5.97 Å². The minimum absolute atomic E-state index is 0.378. The number of aliphatic hydroxyl groups is 2. The van der Waals surface area contributed by atoms with Gasteiger partial charge in [-0.3, -0.25) is 4.79 Å². The van der Waals surface area contributed by atoms with Gasteiger partial charge in [-0.05, 0) is 6.08 Å². The third kappa shape index (κ3) is 4.83. The van der Waals surface area contributed by atoms with Crippen molar-refractivity contribution in [1.82, 2.24) is 0 Å². The maximum Gasteiger partial charge on any atom is 0.306 e. The summed E-state index contributed by atoms with van der Waals surface area (Å²) in [5, 5.41) is 24.6. The molecular formula is C5H8O4.